The summed E-state index contributed by atoms with van der Waals surface area (Å²) in [6.45, 7) is 2.41. The molecule has 0 radical (unpaired) electrons. The summed E-state index contributed by atoms with van der Waals surface area (Å²) in [5.74, 6) is -1.97. The molecule has 8 heteroatoms. The van der Waals surface area contributed by atoms with Crippen LogP contribution in [0.1, 0.15) is 62.0 Å². The third-order valence-electron chi connectivity index (χ3n) is 10.1. The van der Waals surface area contributed by atoms with Crippen LogP contribution in [0, 0.1) is 11.8 Å². The Morgan fingerprint density at radius 1 is 1.05 bits per heavy atom. The van der Waals surface area contributed by atoms with E-state index in [2.05, 4.69) is 23.5 Å². The van der Waals surface area contributed by atoms with Crippen LogP contribution in [0.3, 0.4) is 0 Å². The number of alkyl halides is 2. The van der Waals surface area contributed by atoms with E-state index in [4.69, 9.17) is 9.15 Å². The molecule has 1 aromatic heterocycles. The third-order valence-corrected chi connectivity index (χ3v) is 10.1. The molecule has 2 saturated heterocycles. The molecule has 5 nitrogen and oxygen atoms in total. The van der Waals surface area contributed by atoms with Gasteiger partial charge in [-0.15, -0.1) is 0 Å². The molecule has 1 amide bonds. The molecule has 4 aliphatic rings. The van der Waals surface area contributed by atoms with Gasteiger partial charge in [-0.2, -0.15) is 0 Å². The van der Waals surface area contributed by atoms with Crippen molar-refractivity contribution in [2.45, 2.75) is 68.2 Å². The Balaban J connectivity index is 0.00000289. The van der Waals surface area contributed by atoms with Crippen molar-refractivity contribution in [2.75, 3.05) is 26.2 Å². The number of rotatable bonds is 3. The number of nitrogens with one attached hydrogen (secondary N) is 1. The molecule has 3 fully saturated rings. The Labute approximate surface area is 240 Å². The van der Waals surface area contributed by atoms with Gasteiger partial charge >= 0.3 is 0 Å². The number of hydrogen-bond donors (Lipinski definition) is 1. The highest BCUT2D eigenvalue weighted by molar-refractivity contribution is 5.87. The topological polar surface area (TPSA) is 54.7 Å². The summed E-state index contributed by atoms with van der Waals surface area (Å²) in [4.78, 5) is 16.6. The molecule has 2 aromatic carbocycles. The van der Waals surface area contributed by atoms with Gasteiger partial charge in [-0.3, -0.25) is 4.79 Å². The van der Waals surface area contributed by atoms with E-state index in [9.17, 15) is 13.6 Å². The van der Waals surface area contributed by atoms with E-state index in [1.807, 2.05) is 35.2 Å². The van der Waals surface area contributed by atoms with Crippen LogP contribution in [0.4, 0.5) is 8.78 Å². The van der Waals surface area contributed by atoms with Crippen LogP contribution in [-0.4, -0.2) is 49.0 Å². The van der Waals surface area contributed by atoms with Gasteiger partial charge in [-0.05, 0) is 55.6 Å². The zero-order chi connectivity index (χ0) is 26.6. The molecule has 1 spiro atoms. The van der Waals surface area contributed by atoms with E-state index in [1.54, 1.807) is 6.26 Å². The monoisotopic (exact) mass is 569 g/mol. The first-order chi connectivity index (χ1) is 19.0. The van der Waals surface area contributed by atoms with Crippen molar-refractivity contribution in [1.82, 2.24) is 10.2 Å². The number of carbonyl (C=O) groups excluding carboxylic acids is 1. The fourth-order valence-electron chi connectivity index (χ4n) is 8.12. The first kappa shape index (κ1) is 27.5. The highest BCUT2D eigenvalue weighted by atomic mass is 35.5. The number of ether oxygens (including phenoxy) is 1. The van der Waals surface area contributed by atoms with Crippen LogP contribution >= 0.6 is 0 Å². The van der Waals surface area contributed by atoms with Gasteiger partial charge in [0.15, 0.2) is 11.3 Å². The number of hydrogen-bond acceptors (Lipinski definition) is 4. The largest absolute Gasteiger partial charge is 1.00 e. The minimum absolute atomic E-state index is 0. The van der Waals surface area contributed by atoms with E-state index >= 15 is 0 Å². The number of likely N-dealkylation sites (tertiary alicyclic amines) is 1. The van der Waals surface area contributed by atoms with E-state index in [0.717, 1.165) is 48.0 Å². The number of piperidine rings is 1. The smallest absolute Gasteiger partial charge is 0.248 e. The van der Waals surface area contributed by atoms with Gasteiger partial charge in [0, 0.05) is 54.9 Å². The number of furan rings is 1. The number of fused-ring (bicyclic) bond motifs is 4. The maximum Gasteiger partial charge on any atom is 0.248 e. The normalized spacial score (nSPS) is 31.4. The van der Waals surface area contributed by atoms with Gasteiger partial charge < -0.3 is 31.8 Å². The van der Waals surface area contributed by atoms with Crippen molar-refractivity contribution in [1.29, 1.82) is 0 Å². The standard InChI is InChI=1S/C32H36F2N2O3.ClH/c33-32(34)12-4-7-24(18-32)27-17-23(21-5-2-1-3-6-21)10-14-36(27)30(37)26-19-35-20-31(26)13-16-39-29-25(31)9-8-22-11-15-38-28(22)29;/h1-3,5-6,8-9,11,15,23-24,26-27,35H,4,7,10,12-14,16-20H2;1H/p-1/t23-,24?,26+,27+,31+;/m1./s1. The summed E-state index contributed by atoms with van der Waals surface area (Å²) < 4.78 is 41.3. The number of carbonyl (C=O) groups is 1. The lowest BCUT2D eigenvalue weighted by Crippen LogP contribution is -3.00. The summed E-state index contributed by atoms with van der Waals surface area (Å²) >= 11 is 0. The molecule has 1 saturated carbocycles. The molecule has 40 heavy (non-hydrogen) atoms. The maximum absolute atomic E-state index is 14.7. The molecular weight excluding hydrogens is 534 g/mol. The van der Waals surface area contributed by atoms with Crippen molar-refractivity contribution in [3.8, 4) is 5.75 Å². The Kier molecular flexibility index (Phi) is 7.32. The Morgan fingerprint density at radius 2 is 1.90 bits per heavy atom. The molecule has 4 heterocycles. The Hall–Kier alpha value is -2.64. The second kappa shape index (κ2) is 10.6. The summed E-state index contributed by atoms with van der Waals surface area (Å²) in [7, 11) is 0. The van der Waals surface area contributed by atoms with E-state index < -0.39 is 11.3 Å². The average Bonchev–Trinajstić information content (AvgIpc) is 3.60. The molecular formula is C32H36ClF2N2O3-. The SMILES string of the molecule is O=C([C@@H]1CNC[C@]12CCOc1c2ccc2ccoc12)N1CC[C@@H](c2ccccc2)C[C@H]1C1CCCC(F)(F)C1.[Cl-]. The summed E-state index contributed by atoms with van der Waals surface area (Å²) in [6.07, 6.45) is 5.13. The van der Waals surface area contributed by atoms with Crippen molar-refractivity contribution in [2.24, 2.45) is 11.8 Å². The van der Waals surface area contributed by atoms with Gasteiger partial charge in [0.25, 0.3) is 0 Å². The summed E-state index contributed by atoms with van der Waals surface area (Å²) in [6, 6.07) is 16.3. The number of amides is 1. The van der Waals surface area contributed by atoms with E-state index in [0.29, 0.717) is 32.7 Å². The second-order valence-corrected chi connectivity index (χ2v) is 12.2. The van der Waals surface area contributed by atoms with Crippen LogP contribution in [0.15, 0.2) is 59.2 Å². The Morgan fingerprint density at radius 3 is 2.73 bits per heavy atom. The predicted octanol–water partition coefficient (Wildman–Crippen LogP) is 3.28. The highest BCUT2D eigenvalue weighted by Crippen LogP contribution is 2.50. The van der Waals surface area contributed by atoms with Gasteiger partial charge in [0.05, 0.1) is 18.8 Å². The van der Waals surface area contributed by atoms with Crippen LogP contribution in [0.5, 0.6) is 5.75 Å². The zero-order valence-electron chi connectivity index (χ0n) is 22.6. The first-order valence-corrected chi connectivity index (χ1v) is 14.5. The van der Waals surface area contributed by atoms with Crippen molar-refractivity contribution in [3.63, 3.8) is 0 Å². The van der Waals surface area contributed by atoms with Crippen LogP contribution in [0.2, 0.25) is 0 Å². The molecule has 214 valence electrons. The summed E-state index contributed by atoms with van der Waals surface area (Å²) in [5.41, 5.74) is 2.61. The number of benzene rings is 2. The lowest BCUT2D eigenvalue weighted by Gasteiger charge is -2.48. The lowest BCUT2D eigenvalue weighted by molar-refractivity contribution is -0.145. The molecule has 1 unspecified atom stereocenters. The quantitative estimate of drug-likeness (QED) is 0.526. The van der Waals surface area contributed by atoms with Crippen LogP contribution in [0.25, 0.3) is 11.0 Å². The molecule has 3 aliphatic heterocycles. The molecule has 3 aromatic rings. The van der Waals surface area contributed by atoms with Crippen molar-refractivity contribution in [3.05, 3.63) is 65.9 Å². The first-order valence-electron chi connectivity index (χ1n) is 14.5. The number of nitrogens with zero attached hydrogens (tertiary/aromatic N) is 1. The van der Waals surface area contributed by atoms with Crippen LogP contribution in [-0.2, 0) is 10.2 Å². The minimum Gasteiger partial charge on any atom is -1.00 e. The van der Waals surface area contributed by atoms with Crippen molar-refractivity contribution < 1.29 is 35.1 Å². The highest BCUT2D eigenvalue weighted by Gasteiger charge is 2.54. The molecule has 0 bridgehead atoms. The van der Waals surface area contributed by atoms with Crippen molar-refractivity contribution >= 4 is 16.9 Å². The number of halogens is 3. The molecule has 5 atom stereocenters. The van der Waals surface area contributed by atoms with Gasteiger partial charge in [0.2, 0.25) is 11.8 Å². The van der Waals surface area contributed by atoms with Gasteiger partial charge in [-0.1, -0.05) is 42.5 Å². The average molecular weight is 570 g/mol. The lowest BCUT2D eigenvalue weighted by atomic mass is 9.67. The third kappa shape index (κ3) is 4.59. The maximum atomic E-state index is 14.7. The molecule has 1 N–H and O–H groups in total. The second-order valence-electron chi connectivity index (χ2n) is 12.2. The van der Waals surface area contributed by atoms with Crippen LogP contribution < -0.4 is 22.5 Å². The zero-order valence-corrected chi connectivity index (χ0v) is 23.3. The molecule has 1 aliphatic carbocycles. The minimum atomic E-state index is -2.65. The van der Waals surface area contributed by atoms with Gasteiger partial charge in [-0.25, -0.2) is 8.78 Å². The Bertz CT molecular complexity index is 1360. The van der Waals surface area contributed by atoms with E-state index in [1.165, 1.54) is 5.56 Å². The predicted molar refractivity (Wildman–Crippen MR) is 145 cm³/mol. The van der Waals surface area contributed by atoms with E-state index in [-0.39, 0.29) is 55.0 Å². The fourth-order valence-corrected chi connectivity index (χ4v) is 8.12. The summed E-state index contributed by atoms with van der Waals surface area (Å²) in [5, 5.41) is 4.51. The molecule has 7 rings (SSSR count). The fraction of sp³-hybridized carbons (Fsp3) is 0.531. The van der Waals surface area contributed by atoms with Gasteiger partial charge in [0.1, 0.15) is 0 Å².